The van der Waals surface area contributed by atoms with Gasteiger partial charge >= 0.3 is 0 Å². The third kappa shape index (κ3) is 3.49. The van der Waals surface area contributed by atoms with E-state index in [1.54, 1.807) is 19.2 Å². The molecule has 2 heterocycles. The van der Waals surface area contributed by atoms with Crippen LogP contribution in [-0.2, 0) is 6.54 Å². The van der Waals surface area contributed by atoms with Gasteiger partial charge in [0.2, 0.25) is 0 Å². The molecule has 0 unspecified atom stereocenters. The Balaban J connectivity index is 1.67. The van der Waals surface area contributed by atoms with E-state index >= 15 is 0 Å². The van der Waals surface area contributed by atoms with Crippen LogP contribution in [0.4, 0.5) is 0 Å². The lowest BCUT2D eigenvalue weighted by atomic mass is 10.2. The minimum Gasteiger partial charge on any atom is -0.497 e. The van der Waals surface area contributed by atoms with E-state index in [-0.39, 0.29) is 17.7 Å². The highest BCUT2D eigenvalue weighted by molar-refractivity contribution is 5.91. The van der Waals surface area contributed by atoms with Crippen molar-refractivity contribution in [2.75, 3.05) is 7.11 Å². The van der Waals surface area contributed by atoms with Gasteiger partial charge in [-0.3, -0.25) is 4.79 Å². The summed E-state index contributed by atoms with van der Waals surface area (Å²) < 4.78 is 12.6. The second kappa shape index (κ2) is 7.60. The second-order valence-electron chi connectivity index (χ2n) is 6.57. The number of nitrogens with zero attached hydrogens (tertiary/aromatic N) is 2. The molecule has 2 aromatic carbocycles. The summed E-state index contributed by atoms with van der Waals surface area (Å²) in [6.07, 6.45) is 1.48. The average Bonchev–Trinajstić information content (AvgIpc) is 3.37. The third-order valence-electron chi connectivity index (χ3n) is 4.66. The largest absolute Gasteiger partial charge is 0.497 e. The minimum atomic E-state index is -0.289. The van der Waals surface area contributed by atoms with Gasteiger partial charge in [-0.25, -0.2) is 4.98 Å². The van der Waals surface area contributed by atoms with Crippen LogP contribution in [0.15, 0.2) is 71.3 Å². The van der Waals surface area contributed by atoms with Gasteiger partial charge in [-0.2, -0.15) is 0 Å². The Labute approximate surface area is 162 Å². The van der Waals surface area contributed by atoms with Crippen molar-refractivity contribution in [1.82, 2.24) is 14.9 Å². The van der Waals surface area contributed by atoms with Crippen LogP contribution in [0.1, 0.15) is 34.9 Å². The molecule has 1 amide bonds. The van der Waals surface area contributed by atoms with E-state index in [1.807, 2.05) is 55.5 Å². The summed E-state index contributed by atoms with van der Waals surface area (Å²) in [5.74, 6) is 1.63. The maximum absolute atomic E-state index is 12.4. The van der Waals surface area contributed by atoms with Gasteiger partial charge in [0.05, 0.1) is 30.4 Å². The van der Waals surface area contributed by atoms with E-state index in [0.29, 0.717) is 6.54 Å². The quantitative estimate of drug-likeness (QED) is 0.549. The molecule has 4 rings (SSSR count). The van der Waals surface area contributed by atoms with Gasteiger partial charge in [0.25, 0.3) is 5.91 Å². The number of aromatic nitrogens is 2. The number of amides is 1. The fourth-order valence-corrected chi connectivity index (χ4v) is 3.24. The van der Waals surface area contributed by atoms with E-state index in [0.717, 1.165) is 28.2 Å². The number of benzene rings is 2. The first-order chi connectivity index (χ1) is 13.7. The smallest absolute Gasteiger partial charge is 0.287 e. The molecule has 0 aliphatic heterocycles. The molecular formula is C22H21N3O3. The van der Waals surface area contributed by atoms with Crippen molar-refractivity contribution in [2.24, 2.45) is 0 Å². The molecule has 0 saturated carbocycles. The zero-order valence-corrected chi connectivity index (χ0v) is 15.8. The molecule has 6 heteroatoms. The van der Waals surface area contributed by atoms with Crippen molar-refractivity contribution in [3.63, 3.8) is 0 Å². The van der Waals surface area contributed by atoms with Gasteiger partial charge in [0, 0.05) is 6.54 Å². The minimum absolute atomic E-state index is 0.263. The molecule has 0 radical (unpaired) electrons. The monoisotopic (exact) mass is 375 g/mol. The van der Waals surface area contributed by atoms with Crippen LogP contribution < -0.4 is 10.1 Å². The lowest BCUT2D eigenvalue weighted by Crippen LogP contribution is -2.28. The van der Waals surface area contributed by atoms with Crippen LogP contribution in [0.25, 0.3) is 11.0 Å². The highest BCUT2D eigenvalue weighted by Crippen LogP contribution is 2.23. The Kier molecular flexibility index (Phi) is 4.85. The Hall–Kier alpha value is -3.54. The average molecular weight is 375 g/mol. The highest BCUT2D eigenvalue weighted by atomic mass is 16.5. The lowest BCUT2D eigenvalue weighted by Gasteiger charge is -2.16. The second-order valence-corrected chi connectivity index (χ2v) is 6.57. The van der Waals surface area contributed by atoms with Crippen LogP contribution in [0.5, 0.6) is 5.75 Å². The van der Waals surface area contributed by atoms with Crippen molar-refractivity contribution >= 4 is 16.9 Å². The summed E-state index contributed by atoms with van der Waals surface area (Å²) in [4.78, 5) is 17.2. The first-order valence-electron chi connectivity index (χ1n) is 9.08. The zero-order chi connectivity index (χ0) is 19.5. The lowest BCUT2D eigenvalue weighted by molar-refractivity contribution is 0.0909. The normalized spacial score (nSPS) is 12.1. The van der Waals surface area contributed by atoms with Crippen LogP contribution in [0.2, 0.25) is 0 Å². The maximum Gasteiger partial charge on any atom is 0.287 e. The highest BCUT2D eigenvalue weighted by Gasteiger charge is 2.20. The van der Waals surface area contributed by atoms with E-state index in [1.165, 1.54) is 6.26 Å². The molecule has 0 fully saturated rings. The Bertz CT molecular complexity index is 1080. The number of carbonyl (C=O) groups is 1. The topological polar surface area (TPSA) is 69.3 Å². The number of rotatable bonds is 6. The molecule has 1 atom stereocenters. The number of para-hydroxylation sites is 2. The molecule has 4 aromatic rings. The molecule has 0 aliphatic rings. The third-order valence-corrected chi connectivity index (χ3v) is 4.66. The first-order valence-corrected chi connectivity index (χ1v) is 9.08. The summed E-state index contributed by atoms with van der Waals surface area (Å²) in [6.45, 7) is 2.56. The van der Waals surface area contributed by atoms with E-state index in [4.69, 9.17) is 14.1 Å². The first kappa shape index (κ1) is 17.9. The Morgan fingerprint density at radius 1 is 1.14 bits per heavy atom. The number of imidazole rings is 1. The summed E-state index contributed by atoms with van der Waals surface area (Å²) in [6, 6.07) is 19.0. The number of carbonyl (C=O) groups excluding carboxylic acids is 1. The SMILES string of the molecule is COc1ccc(Cn2c([C@@H](C)NC(=O)c3ccco3)nc3ccccc32)cc1. The van der Waals surface area contributed by atoms with Crippen LogP contribution in [-0.4, -0.2) is 22.6 Å². The molecule has 0 bridgehead atoms. The Morgan fingerprint density at radius 2 is 1.93 bits per heavy atom. The van der Waals surface area contributed by atoms with Gasteiger partial charge in [-0.05, 0) is 48.9 Å². The number of furan rings is 1. The number of nitrogens with one attached hydrogen (secondary N) is 1. The predicted molar refractivity (Wildman–Crippen MR) is 106 cm³/mol. The molecule has 1 N–H and O–H groups in total. The number of methoxy groups -OCH3 is 1. The predicted octanol–water partition coefficient (Wildman–Crippen LogP) is 4.18. The summed E-state index contributed by atoms with van der Waals surface area (Å²) in [7, 11) is 1.65. The molecule has 6 nitrogen and oxygen atoms in total. The fraction of sp³-hybridized carbons (Fsp3) is 0.182. The molecule has 0 spiro atoms. The van der Waals surface area contributed by atoms with E-state index in [9.17, 15) is 4.79 Å². The van der Waals surface area contributed by atoms with Crippen LogP contribution in [0.3, 0.4) is 0 Å². The van der Waals surface area contributed by atoms with Gasteiger partial charge in [0.15, 0.2) is 5.76 Å². The van der Waals surface area contributed by atoms with Crippen molar-refractivity contribution < 1.29 is 13.9 Å². The molecule has 0 aliphatic carbocycles. The molecular weight excluding hydrogens is 354 g/mol. The molecule has 142 valence electrons. The summed E-state index contributed by atoms with van der Waals surface area (Å²) in [5.41, 5.74) is 3.03. The Morgan fingerprint density at radius 3 is 2.64 bits per heavy atom. The van der Waals surface area contributed by atoms with Crippen molar-refractivity contribution in [3.8, 4) is 5.75 Å². The number of hydrogen-bond donors (Lipinski definition) is 1. The fourth-order valence-electron chi connectivity index (χ4n) is 3.24. The van der Waals surface area contributed by atoms with Crippen molar-refractivity contribution in [2.45, 2.75) is 19.5 Å². The van der Waals surface area contributed by atoms with Gasteiger partial charge in [-0.1, -0.05) is 24.3 Å². The number of fused-ring (bicyclic) bond motifs is 1. The van der Waals surface area contributed by atoms with Gasteiger partial charge in [0.1, 0.15) is 11.6 Å². The summed E-state index contributed by atoms with van der Waals surface area (Å²) >= 11 is 0. The summed E-state index contributed by atoms with van der Waals surface area (Å²) in [5, 5.41) is 2.97. The van der Waals surface area contributed by atoms with Crippen molar-refractivity contribution in [1.29, 1.82) is 0 Å². The van der Waals surface area contributed by atoms with Gasteiger partial charge < -0.3 is 19.0 Å². The number of hydrogen-bond acceptors (Lipinski definition) is 4. The zero-order valence-electron chi connectivity index (χ0n) is 15.8. The maximum atomic E-state index is 12.4. The van der Waals surface area contributed by atoms with Gasteiger partial charge in [-0.15, -0.1) is 0 Å². The molecule has 2 aromatic heterocycles. The standard InChI is InChI=1S/C22H21N3O3/c1-15(23-22(26)20-8-5-13-28-20)21-24-18-6-3-4-7-19(18)25(21)14-16-9-11-17(27-2)12-10-16/h3-13,15H,14H2,1-2H3,(H,23,26)/t15-/m1/s1. The van der Waals surface area contributed by atoms with Crippen LogP contribution >= 0.6 is 0 Å². The number of ether oxygens (including phenoxy) is 1. The van der Waals surface area contributed by atoms with Crippen molar-refractivity contribution in [3.05, 3.63) is 84.1 Å². The molecule has 28 heavy (non-hydrogen) atoms. The van der Waals surface area contributed by atoms with E-state index in [2.05, 4.69) is 9.88 Å². The molecule has 0 saturated heterocycles. The van der Waals surface area contributed by atoms with E-state index < -0.39 is 0 Å². The van der Waals surface area contributed by atoms with Crippen LogP contribution in [0, 0.1) is 0 Å².